The molecule has 1 unspecified atom stereocenters. The summed E-state index contributed by atoms with van der Waals surface area (Å²) in [6, 6.07) is 6.09. The Bertz CT molecular complexity index is 391. The lowest BCUT2D eigenvalue weighted by Crippen LogP contribution is -2.30. The van der Waals surface area contributed by atoms with Crippen molar-refractivity contribution in [3.05, 3.63) is 33.8 Å². The van der Waals surface area contributed by atoms with Crippen LogP contribution in [0.5, 0.6) is 0 Å². The summed E-state index contributed by atoms with van der Waals surface area (Å²) >= 11 is 3.44. The van der Waals surface area contributed by atoms with Crippen molar-refractivity contribution in [3.8, 4) is 0 Å². The number of rotatable bonds is 5. The van der Waals surface area contributed by atoms with Crippen LogP contribution in [-0.2, 0) is 11.2 Å². The smallest absolute Gasteiger partial charge is 0.220 e. The van der Waals surface area contributed by atoms with Crippen LogP contribution in [0.1, 0.15) is 24.5 Å². The number of hydrogen-bond donors (Lipinski definition) is 2. The fourth-order valence-corrected chi connectivity index (χ4v) is 1.72. The first-order valence-electron chi connectivity index (χ1n) is 5.69. The number of aryl methyl sites for hydroxylation is 2. The number of carbonyl (C=O) groups is 1. The summed E-state index contributed by atoms with van der Waals surface area (Å²) in [5.41, 5.74) is 2.32. The first kappa shape index (κ1) is 14.2. The maximum Gasteiger partial charge on any atom is 0.220 e. The van der Waals surface area contributed by atoms with Gasteiger partial charge in [0.25, 0.3) is 0 Å². The molecule has 1 atom stereocenters. The molecule has 0 saturated carbocycles. The fraction of sp³-hybridized carbons (Fsp3) is 0.462. The standard InChI is InChI=1S/C13H18BrNO2/c1-9-7-11(3-5-12(9)14)4-6-13(17)15-8-10(2)16/h3,5,7,10,16H,4,6,8H2,1-2H3,(H,15,17). The second-order valence-corrected chi connectivity index (χ2v) is 5.09. The summed E-state index contributed by atoms with van der Waals surface area (Å²) in [7, 11) is 0. The monoisotopic (exact) mass is 299 g/mol. The van der Waals surface area contributed by atoms with E-state index in [0.29, 0.717) is 13.0 Å². The molecule has 3 nitrogen and oxygen atoms in total. The highest BCUT2D eigenvalue weighted by molar-refractivity contribution is 9.10. The Morgan fingerprint density at radius 1 is 1.53 bits per heavy atom. The molecule has 0 radical (unpaired) electrons. The van der Waals surface area contributed by atoms with Gasteiger partial charge in [0.15, 0.2) is 0 Å². The van der Waals surface area contributed by atoms with Gasteiger partial charge >= 0.3 is 0 Å². The van der Waals surface area contributed by atoms with E-state index in [0.717, 1.165) is 16.5 Å². The van der Waals surface area contributed by atoms with E-state index < -0.39 is 6.10 Å². The average Bonchev–Trinajstić information content (AvgIpc) is 2.28. The largest absolute Gasteiger partial charge is 0.392 e. The Balaban J connectivity index is 2.39. The lowest BCUT2D eigenvalue weighted by atomic mass is 10.1. The third-order valence-corrected chi connectivity index (χ3v) is 3.35. The molecule has 0 saturated heterocycles. The van der Waals surface area contributed by atoms with Crippen LogP contribution in [0.15, 0.2) is 22.7 Å². The Hall–Kier alpha value is -0.870. The molecule has 0 aliphatic heterocycles. The van der Waals surface area contributed by atoms with Gasteiger partial charge in [-0.05, 0) is 37.5 Å². The number of hydrogen-bond acceptors (Lipinski definition) is 2. The molecule has 0 spiro atoms. The lowest BCUT2D eigenvalue weighted by molar-refractivity contribution is -0.121. The van der Waals surface area contributed by atoms with Gasteiger partial charge in [-0.2, -0.15) is 0 Å². The van der Waals surface area contributed by atoms with Crippen molar-refractivity contribution in [2.45, 2.75) is 32.8 Å². The van der Waals surface area contributed by atoms with Crippen molar-refractivity contribution in [3.63, 3.8) is 0 Å². The van der Waals surface area contributed by atoms with E-state index in [4.69, 9.17) is 5.11 Å². The van der Waals surface area contributed by atoms with Gasteiger partial charge in [-0.3, -0.25) is 4.79 Å². The minimum Gasteiger partial charge on any atom is -0.392 e. The number of benzene rings is 1. The predicted molar refractivity (Wildman–Crippen MR) is 71.9 cm³/mol. The number of nitrogens with one attached hydrogen (secondary N) is 1. The fourth-order valence-electron chi connectivity index (χ4n) is 1.47. The summed E-state index contributed by atoms with van der Waals surface area (Å²) in [5.74, 6) is -0.0218. The molecule has 1 aromatic carbocycles. The van der Waals surface area contributed by atoms with Crippen molar-refractivity contribution < 1.29 is 9.90 Å². The van der Waals surface area contributed by atoms with Crippen molar-refractivity contribution >= 4 is 21.8 Å². The number of halogens is 1. The van der Waals surface area contributed by atoms with Crippen molar-refractivity contribution in [1.82, 2.24) is 5.32 Å². The third-order valence-electron chi connectivity index (χ3n) is 2.46. The predicted octanol–water partition coefficient (Wildman–Crippen LogP) is 2.19. The number of aliphatic hydroxyl groups is 1. The van der Waals surface area contributed by atoms with Crippen LogP contribution >= 0.6 is 15.9 Å². The van der Waals surface area contributed by atoms with Gasteiger partial charge in [0.05, 0.1) is 6.10 Å². The molecule has 0 aliphatic carbocycles. The molecule has 17 heavy (non-hydrogen) atoms. The van der Waals surface area contributed by atoms with Crippen LogP contribution in [0.2, 0.25) is 0 Å². The Labute approximate surface area is 110 Å². The number of aliphatic hydroxyl groups excluding tert-OH is 1. The summed E-state index contributed by atoms with van der Waals surface area (Å²) in [5, 5.41) is 11.7. The van der Waals surface area contributed by atoms with Crippen LogP contribution in [0.25, 0.3) is 0 Å². The second kappa shape index (κ2) is 6.77. The van der Waals surface area contributed by atoms with Gasteiger partial charge in [-0.15, -0.1) is 0 Å². The molecule has 0 heterocycles. The third kappa shape index (κ3) is 5.33. The van der Waals surface area contributed by atoms with Crippen LogP contribution in [0, 0.1) is 6.92 Å². The number of amides is 1. The van der Waals surface area contributed by atoms with Gasteiger partial charge in [0, 0.05) is 17.4 Å². The highest BCUT2D eigenvalue weighted by Crippen LogP contribution is 2.17. The molecular formula is C13H18BrNO2. The molecule has 0 aromatic heterocycles. The van der Waals surface area contributed by atoms with E-state index in [-0.39, 0.29) is 5.91 Å². The zero-order valence-corrected chi connectivity index (χ0v) is 11.8. The summed E-state index contributed by atoms with van der Waals surface area (Å²) in [6.45, 7) is 4.00. The van der Waals surface area contributed by atoms with Crippen LogP contribution in [-0.4, -0.2) is 23.7 Å². The minimum atomic E-state index is -0.492. The first-order chi connectivity index (χ1) is 7.99. The normalized spacial score (nSPS) is 12.2. The van der Waals surface area contributed by atoms with Gasteiger partial charge in [0.1, 0.15) is 0 Å². The van der Waals surface area contributed by atoms with Gasteiger partial charge in [0.2, 0.25) is 5.91 Å². The van der Waals surface area contributed by atoms with Crippen LogP contribution in [0.3, 0.4) is 0 Å². The maximum absolute atomic E-state index is 11.4. The minimum absolute atomic E-state index is 0.0218. The van der Waals surface area contributed by atoms with E-state index in [2.05, 4.69) is 27.3 Å². The summed E-state index contributed by atoms with van der Waals surface area (Å²) < 4.78 is 1.08. The summed E-state index contributed by atoms with van der Waals surface area (Å²) in [6.07, 6.45) is 0.682. The van der Waals surface area contributed by atoms with E-state index in [9.17, 15) is 4.79 Å². The molecule has 0 aliphatic rings. The molecule has 1 amide bonds. The molecule has 0 bridgehead atoms. The van der Waals surface area contributed by atoms with E-state index in [1.807, 2.05) is 19.1 Å². The zero-order chi connectivity index (χ0) is 12.8. The maximum atomic E-state index is 11.4. The SMILES string of the molecule is Cc1cc(CCC(=O)NCC(C)O)ccc1Br. The first-order valence-corrected chi connectivity index (χ1v) is 6.48. The van der Waals surface area contributed by atoms with E-state index in [1.54, 1.807) is 6.92 Å². The summed E-state index contributed by atoms with van der Waals surface area (Å²) in [4.78, 5) is 11.4. The Morgan fingerprint density at radius 2 is 2.24 bits per heavy atom. The van der Waals surface area contributed by atoms with E-state index in [1.165, 1.54) is 5.56 Å². The van der Waals surface area contributed by atoms with Crippen LogP contribution < -0.4 is 5.32 Å². The highest BCUT2D eigenvalue weighted by Gasteiger charge is 2.04. The molecule has 1 rings (SSSR count). The Kier molecular flexibility index (Phi) is 5.65. The molecule has 94 valence electrons. The molecule has 4 heteroatoms. The molecule has 1 aromatic rings. The van der Waals surface area contributed by atoms with Gasteiger partial charge < -0.3 is 10.4 Å². The highest BCUT2D eigenvalue weighted by atomic mass is 79.9. The number of carbonyl (C=O) groups excluding carboxylic acids is 1. The molecule has 0 fully saturated rings. The van der Waals surface area contributed by atoms with Crippen molar-refractivity contribution in [2.24, 2.45) is 0 Å². The van der Waals surface area contributed by atoms with Gasteiger partial charge in [-0.25, -0.2) is 0 Å². The molecular weight excluding hydrogens is 282 g/mol. The Morgan fingerprint density at radius 3 is 2.82 bits per heavy atom. The van der Waals surface area contributed by atoms with Crippen molar-refractivity contribution in [1.29, 1.82) is 0 Å². The second-order valence-electron chi connectivity index (χ2n) is 4.24. The van der Waals surface area contributed by atoms with Crippen LogP contribution in [0.4, 0.5) is 0 Å². The van der Waals surface area contributed by atoms with Crippen molar-refractivity contribution in [2.75, 3.05) is 6.54 Å². The lowest BCUT2D eigenvalue weighted by Gasteiger charge is -2.07. The average molecular weight is 300 g/mol. The van der Waals surface area contributed by atoms with Gasteiger partial charge in [-0.1, -0.05) is 28.1 Å². The van der Waals surface area contributed by atoms with E-state index >= 15 is 0 Å². The quantitative estimate of drug-likeness (QED) is 0.876. The molecule has 2 N–H and O–H groups in total. The topological polar surface area (TPSA) is 49.3 Å². The zero-order valence-electron chi connectivity index (χ0n) is 10.2.